The topological polar surface area (TPSA) is 38.1 Å². The molecule has 0 spiro atoms. The Hall–Kier alpha value is -0.590. The first-order valence-corrected chi connectivity index (χ1v) is 7.41. The lowest BCUT2D eigenvalue weighted by molar-refractivity contribution is -0.117. The van der Waals surface area contributed by atoms with E-state index in [1.165, 1.54) is 18.5 Å². The van der Waals surface area contributed by atoms with Crippen molar-refractivity contribution in [2.24, 2.45) is 0 Å². The fraction of sp³-hybridized carbons (Fsp3) is 0.667. The summed E-state index contributed by atoms with van der Waals surface area (Å²) in [6, 6.07) is 2.10. The first-order chi connectivity index (χ1) is 8.16. The van der Waals surface area contributed by atoms with Crippen LogP contribution in [0.2, 0.25) is 0 Å². The number of aryl methyl sites for hydroxylation is 1. The Bertz CT molecular complexity index is 453. The molecule has 17 heavy (non-hydrogen) atoms. The van der Waals surface area contributed by atoms with Crippen molar-refractivity contribution in [1.82, 2.24) is 9.78 Å². The average molecular weight is 345 g/mol. The fourth-order valence-corrected chi connectivity index (χ4v) is 3.16. The van der Waals surface area contributed by atoms with Gasteiger partial charge in [-0.2, -0.15) is 5.10 Å². The number of hydrogen-bond acceptors (Lipinski definition) is 2. The van der Waals surface area contributed by atoms with E-state index in [0.29, 0.717) is 5.92 Å². The Morgan fingerprint density at radius 2 is 2.18 bits per heavy atom. The molecule has 0 radical (unpaired) electrons. The van der Waals surface area contributed by atoms with Crippen LogP contribution in [0.3, 0.4) is 0 Å². The minimum atomic E-state index is 0.102. The number of anilines is 1. The summed E-state index contributed by atoms with van der Waals surface area (Å²) < 4.78 is 2.11. The van der Waals surface area contributed by atoms with Crippen molar-refractivity contribution >= 4 is 34.3 Å². The molecular weight excluding hydrogens is 329 g/mol. The molecule has 1 fully saturated rings. The highest BCUT2D eigenvalue weighted by molar-refractivity contribution is 14.1. The van der Waals surface area contributed by atoms with Gasteiger partial charge in [-0.1, -0.05) is 22.6 Å². The summed E-state index contributed by atoms with van der Waals surface area (Å²) in [6.07, 6.45) is 4.49. The van der Waals surface area contributed by atoms with E-state index < -0.39 is 0 Å². The number of aromatic nitrogens is 2. The van der Waals surface area contributed by atoms with Gasteiger partial charge in [0.15, 0.2) is 0 Å². The summed E-state index contributed by atoms with van der Waals surface area (Å²) in [5.74, 6) is 1.82. The van der Waals surface area contributed by atoms with Gasteiger partial charge in [0.05, 0.1) is 9.62 Å². The van der Waals surface area contributed by atoms with E-state index in [1.807, 2.05) is 11.7 Å². The van der Waals surface area contributed by atoms with Crippen LogP contribution in [0.1, 0.15) is 37.3 Å². The minimum absolute atomic E-state index is 0.102. The normalized spacial score (nSPS) is 25.4. The summed E-state index contributed by atoms with van der Waals surface area (Å²) >= 11 is 2.25. The second-order valence-corrected chi connectivity index (χ2v) is 6.44. The lowest BCUT2D eigenvalue weighted by Gasteiger charge is -2.24. The molecule has 0 bridgehead atoms. The van der Waals surface area contributed by atoms with Crippen LogP contribution in [0.15, 0.2) is 6.07 Å². The second kappa shape index (κ2) is 4.26. The summed E-state index contributed by atoms with van der Waals surface area (Å²) in [5.41, 5.74) is 1.17. The van der Waals surface area contributed by atoms with Gasteiger partial charge >= 0.3 is 0 Å². The molecule has 0 N–H and O–H groups in total. The van der Waals surface area contributed by atoms with E-state index in [2.05, 4.69) is 33.8 Å². The van der Waals surface area contributed by atoms with Gasteiger partial charge in [-0.3, -0.25) is 9.69 Å². The van der Waals surface area contributed by atoms with Crippen molar-refractivity contribution in [1.29, 1.82) is 0 Å². The standard InChI is InChI=1S/C12H16IN3O/c1-15-11-7-10(8-4-5-8)14-16(11)6-2-3-9(13)12(15)17/h7-9H,2-6H2,1H3. The molecule has 92 valence electrons. The molecule has 2 aliphatic rings. The molecule has 0 aromatic carbocycles. The van der Waals surface area contributed by atoms with Gasteiger partial charge in [0.2, 0.25) is 5.91 Å². The number of fused-ring (bicyclic) bond motifs is 1. The van der Waals surface area contributed by atoms with Crippen molar-refractivity contribution in [3.05, 3.63) is 11.8 Å². The first-order valence-electron chi connectivity index (χ1n) is 6.16. The largest absolute Gasteiger partial charge is 0.299 e. The zero-order chi connectivity index (χ0) is 12.0. The summed E-state index contributed by atoms with van der Waals surface area (Å²) in [5, 5.41) is 4.64. The van der Waals surface area contributed by atoms with Crippen molar-refractivity contribution in [3.8, 4) is 0 Å². The maximum absolute atomic E-state index is 12.1. The van der Waals surface area contributed by atoms with Crippen LogP contribution in [0.5, 0.6) is 0 Å². The molecule has 1 aromatic rings. The third-order valence-corrected chi connectivity index (χ3v) is 4.70. The van der Waals surface area contributed by atoms with E-state index >= 15 is 0 Å². The van der Waals surface area contributed by atoms with Gasteiger partial charge in [-0.05, 0) is 25.7 Å². The Morgan fingerprint density at radius 3 is 2.88 bits per heavy atom. The maximum Gasteiger partial charge on any atom is 0.240 e. The van der Waals surface area contributed by atoms with Crippen molar-refractivity contribution in [3.63, 3.8) is 0 Å². The van der Waals surface area contributed by atoms with Crippen molar-refractivity contribution in [2.75, 3.05) is 11.9 Å². The Morgan fingerprint density at radius 1 is 1.41 bits per heavy atom. The van der Waals surface area contributed by atoms with Crippen molar-refractivity contribution in [2.45, 2.75) is 42.1 Å². The lowest BCUT2D eigenvalue weighted by atomic mass is 10.2. The predicted octanol–water partition coefficient (Wildman–Crippen LogP) is 2.32. The molecular formula is C12H16IN3O. The van der Waals surface area contributed by atoms with Gasteiger partial charge in [-0.15, -0.1) is 0 Å². The Kier molecular flexibility index (Phi) is 2.88. The smallest absolute Gasteiger partial charge is 0.240 e. The number of nitrogens with zero attached hydrogens (tertiary/aromatic N) is 3. The van der Waals surface area contributed by atoms with Crippen LogP contribution >= 0.6 is 22.6 Å². The Labute approximate surface area is 114 Å². The van der Waals surface area contributed by atoms with Gasteiger partial charge in [-0.25, -0.2) is 4.68 Å². The monoisotopic (exact) mass is 345 g/mol. The fourth-order valence-electron chi connectivity index (χ4n) is 2.31. The average Bonchev–Trinajstić information content (AvgIpc) is 3.08. The molecule has 1 aliphatic carbocycles. The van der Waals surface area contributed by atoms with E-state index in [4.69, 9.17) is 0 Å². The molecule has 2 heterocycles. The van der Waals surface area contributed by atoms with Crippen LogP contribution in [0.4, 0.5) is 5.82 Å². The molecule has 1 saturated carbocycles. The third-order valence-electron chi connectivity index (χ3n) is 3.54. The number of carbonyl (C=O) groups is 1. The summed E-state index contributed by atoms with van der Waals surface area (Å²) in [4.78, 5) is 13.9. The van der Waals surface area contributed by atoms with Crippen molar-refractivity contribution < 1.29 is 4.79 Å². The Balaban J connectivity index is 1.96. The minimum Gasteiger partial charge on any atom is -0.299 e. The van der Waals surface area contributed by atoms with Crippen LogP contribution in [-0.2, 0) is 11.3 Å². The quantitative estimate of drug-likeness (QED) is 0.579. The van der Waals surface area contributed by atoms with Crippen LogP contribution < -0.4 is 4.90 Å². The highest BCUT2D eigenvalue weighted by Gasteiger charge is 2.30. The number of hydrogen-bond donors (Lipinski definition) is 0. The van der Waals surface area contributed by atoms with Gasteiger partial charge in [0, 0.05) is 25.6 Å². The van der Waals surface area contributed by atoms with E-state index in [1.54, 1.807) is 4.90 Å². The third kappa shape index (κ3) is 2.09. The molecule has 1 aliphatic heterocycles. The zero-order valence-electron chi connectivity index (χ0n) is 9.90. The molecule has 4 nitrogen and oxygen atoms in total. The highest BCUT2D eigenvalue weighted by atomic mass is 127. The number of alkyl halides is 1. The number of halogens is 1. The molecule has 1 aromatic heterocycles. The van der Waals surface area contributed by atoms with Gasteiger partial charge in [0.1, 0.15) is 5.82 Å². The van der Waals surface area contributed by atoms with E-state index in [-0.39, 0.29) is 9.83 Å². The zero-order valence-corrected chi connectivity index (χ0v) is 12.1. The predicted molar refractivity (Wildman–Crippen MR) is 74.7 cm³/mol. The van der Waals surface area contributed by atoms with E-state index in [0.717, 1.165) is 25.2 Å². The summed E-state index contributed by atoms with van der Waals surface area (Å²) in [7, 11) is 1.86. The van der Waals surface area contributed by atoms with E-state index in [9.17, 15) is 4.79 Å². The molecule has 1 amide bonds. The molecule has 5 heteroatoms. The van der Waals surface area contributed by atoms with Crippen LogP contribution in [0, 0.1) is 0 Å². The molecule has 1 atom stereocenters. The lowest BCUT2D eigenvalue weighted by Crippen LogP contribution is -2.36. The molecule has 3 rings (SSSR count). The van der Waals surface area contributed by atoms with Crippen LogP contribution in [0.25, 0.3) is 0 Å². The number of amides is 1. The highest BCUT2D eigenvalue weighted by Crippen LogP contribution is 2.40. The van der Waals surface area contributed by atoms with Crippen LogP contribution in [-0.4, -0.2) is 26.7 Å². The molecule has 1 unspecified atom stereocenters. The number of rotatable bonds is 1. The second-order valence-electron chi connectivity index (χ2n) is 4.93. The number of carbonyl (C=O) groups excluding carboxylic acids is 1. The summed E-state index contributed by atoms with van der Waals surface area (Å²) in [6.45, 7) is 0.930. The maximum atomic E-state index is 12.1. The first kappa shape index (κ1) is 11.5. The SMILES string of the molecule is CN1C(=O)C(I)CCCn2nc(C3CC3)cc21. The van der Waals surface area contributed by atoms with Gasteiger partial charge < -0.3 is 0 Å². The molecule has 0 saturated heterocycles. The van der Waals surface area contributed by atoms with Gasteiger partial charge in [0.25, 0.3) is 0 Å².